The van der Waals surface area contributed by atoms with E-state index < -0.39 is 12.0 Å². The van der Waals surface area contributed by atoms with Crippen molar-refractivity contribution in [1.29, 1.82) is 5.26 Å². The molecule has 0 aliphatic heterocycles. The Hall–Kier alpha value is -3.64. The summed E-state index contributed by atoms with van der Waals surface area (Å²) in [6.45, 7) is 2.42. The zero-order valence-corrected chi connectivity index (χ0v) is 15.2. The van der Waals surface area contributed by atoms with Crippen molar-refractivity contribution in [1.82, 2.24) is 0 Å². The summed E-state index contributed by atoms with van der Waals surface area (Å²) in [7, 11) is 1.32. The Kier molecular flexibility index (Phi) is 7.10. The number of hydrogen-bond acceptors (Lipinski definition) is 6. The van der Waals surface area contributed by atoms with Gasteiger partial charge in [-0.05, 0) is 48.9 Å². The molecule has 0 aromatic heterocycles. The standard InChI is InChI=1S/C21H20N2O4/c1-4-10-27-19-12-16(11-18(13-19)26-5-2)20(21(24)25-3)23-17-8-6-15(14-22)7-9-17/h1,6-9,11-13,20,23H,5,10H2,2-3H3. The summed E-state index contributed by atoms with van der Waals surface area (Å²) >= 11 is 0. The number of nitrogens with one attached hydrogen (secondary N) is 1. The highest BCUT2D eigenvalue weighted by Crippen LogP contribution is 2.29. The van der Waals surface area contributed by atoms with Crippen LogP contribution < -0.4 is 14.8 Å². The topological polar surface area (TPSA) is 80.6 Å². The molecular weight excluding hydrogens is 344 g/mol. The van der Waals surface area contributed by atoms with Gasteiger partial charge >= 0.3 is 5.97 Å². The van der Waals surface area contributed by atoms with E-state index in [0.29, 0.717) is 34.9 Å². The third kappa shape index (κ3) is 5.42. The molecule has 0 radical (unpaired) electrons. The van der Waals surface area contributed by atoms with E-state index in [1.165, 1.54) is 7.11 Å². The number of methoxy groups -OCH3 is 1. The number of esters is 1. The van der Waals surface area contributed by atoms with Crippen LogP contribution in [0.25, 0.3) is 0 Å². The van der Waals surface area contributed by atoms with Crippen LogP contribution in [0.2, 0.25) is 0 Å². The van der Waals surface area contributed by atoms with Gasteiger partial charge in [-0.25, -0.2) is 4.79 Å². The lowest BCUT2D eigenvalue weighted by molar-refractivity contribution is -0.141. The van der Waals surface area contributed by atoms with E-state index in [2.05, 4.69) is 17.3 Å². The zero-order chi connectivity index (χ0) is 19.6. The van der Waals surface area contributed by atoms with Crippen molar-refractivity contribution in [3.05, 3.63) is 53.6 Å². The van der Waals surface area contributed by atoms with Gasteiger partial charge in [-0.3, -0.25) is 0 Å². The Morgan fingerprint density at radius 3 is 2.41 bits per heavy atom. The van der Waals surface area contributed by atoms with Crippen molar-refractivity contribution in [2.24, 2.45) is 0 Å². The summed E-state index contributed by atoms with van der Waals surface area (Å²) in [6.07, 6.45) is 5.25. The van der Waals surface area contributed by atoms with E-state index in [0.717, 1.165) is 0 Å². The van der Waals surface area contributed by atoms with Gasteiger partial charge in [-0.2, -0.15) is 5.26 Å². The molecule has 0 fully saturated rings. The summed E-state index contributed by atoms with van der Waals surface area (Å²) in [5, 5.41) is 12.0. The van der Waals surface area contributed by atoms with E-state index in [1.807, 2.05) is 6.92 Å². The van der Waals surface area contributed by atoms with E-state index in [9.17, 15) is 4.79 Å². The molecule has 0 bridgehead atoms. The lowest BCUT2D eigenvalue weighted by atomic mass is 10.1. The summed E-state index contributed by atoms with van der Waals surface area (Å²) in [5.74, 6) is 2.97. The van der Waals surface area contributed by atoms with Crippen LogP contribution >= 0.6 is 0 Å². The molecular formula is C21H20N2O4. The molecule has 27 heavy (non-hydrogen) atoms. The largest absolute Gasteiger partial charge is 0.494 e. The quantitative estimate of drug-likeness (QED) is 0.572. The molecule has 2 aromatic carbocycles. The molecule has 0 aliphatic carbocycles. The van der Waals surface area contributed by atoms with Gasteiger partial charge in [0, 0.05) is 11.8 Å². The average molecular weight is 364 g/mol. The van der Waals surface area contributed by atoms with Crippen LogP contribution in [0, 0.1) is 23.7 Å². The van der Waals surface area contributed by atoms with Gasteiger partial charge in [0.1, 0.15) is 18.1 Å². The smallest absolute Gasteiger partial charge is 0.332 e. The van der Waals surface area contributed by atoms with Crippen molar-refractivity contribution in [2.75, 3.05) is 25.6 Å². The highest BCUT2D eigenvalue weighted by Gasteiger charge is 2.23. The normalized spacial score (nSPS) is 10.8. The average Bonchev–Trinajstić information content (AvgIpc) is 2.70. The number of hydrogen-bond donors (Lipinski definition) is 1. The number of nitriles is 1. The predicted molar refractivity (Wildman–Crippen MR) is 101 cm³/mol. The van der Waals surface area contributed by atoms with Gasteiger partial charge in [0.2, 0.25) is 0 Å². The van der Waals surface area contributed by atoms with Crippen LogP contribution in [0.3, 0.4) is 0 Å². The Labute approximate surface area is 158 Å². The number of terminal acetylenes is 1. The minimum Gasteiger partial charge on any atom is -0.494 e. The Morgan fingerprint density at radius 2 is 1.85 bits per heavy atom. The first-order valence-corrected chi connectivity index (χ1v) is 8.29. The molecule has 1 N–H and O–H groups in total. The minimum atomic E-state index is -0.795. The Bertz CT molecular complexity index is 863. The Balaban J connectivity index is 2.39. The maximum Gasteiger partial charge on any atom is 0.332 e. The summed E-state index contributed by atoms with van der Waals surface area (Å²) in [4.78, 5) is 12.4. The third-order valence-electron chi connectivity index (χ3n) is 3.63. The van der Waals surface area contributed by atoms with Crippen molar-refractivity contribution in [3.63, 3.8) is 0 Å². The van der Waals surface area contributed by atoms with E-state index in [-0.39, 0.29) is 6.61 Å². The second-order valence-corrected chi connectivity index (χ2v) is 5.45. The zero-order valence-electron chi connectivity index (χ0n) is 15.2. The molecule has 2 rings (SSSR count). The fourth-order valence-electron chi connectivity index (χ4n) is 2.42. The maximum atomic E-state index is 12.4. The molecule has 2 aromatic rings. The molecule has 0 spiro atoms. The van der Waals surface area contributed by atoms with Crippen LogP contribution in [-0.2, 0) is 9.53 Å². The van der Waals surface area contributed by atoms with Crippen LogP contribution in [0.15, 0.2) is 42.5 Å². The van der Waals surface area contributed by atoms with Gasteiger partial charge in [0.25, 0.3) is 0 Å². The molecule has 1 atom stereocenters. The van der Waals surface area contributed by atoms with Gasteiger partial charge in [0.05, 0.1) is 25.3 Å². The first-order valence-electron chi connectivity index (χ1n) is 8.29. The second kappa shape index (κ2) is 9.74. The molecule has 0 saturated heterocycles. The number of carbonyl (C=O) groups excluding carboxylic acids is 1. The first kappa shape index (κ1) is 19.7. The molecule has 0 amide bonds. The predicted octanol–water partition coefficient (Wildman–Crippen LogP) is 3.30. The van der Waals surface area contributed by atoms with Crippen LogP contribution in [0.1, 0.15) is 24.1 Å². The maximum absolute atomic E-state index is 12.4. The number of carbonyl (C=O) groups is 1. The summed E-state index contributed by atoms with van der Waals surface area (Å²) in [5.41, 5.74) is 1.79. The number of rotatable bonds is 8. The lowest BCUT2D eigenvalue weighted by Crippen LogP contribution is -2.22. The SMILES string of the molecule is C#CCOc1cc(OCC)cc(C(Nc2ccc(C#N)cc2)C(=O)OC)c1. The van der Waals surface area contributed by atoms with Gasteiger partial charge in [-0.15, -0.1) is 6.42 Å². The molecule has 1 unspecified atom stereocenters. The van der Waals surface area contributed by atoms with Gasteiger partial charge in [-0.1, -0.05) is 5.92 Å². The number of anilines is 1. The van der Waals surface area contributed by atoms with Crippen LogP contribution in [0.5, 0.6) is 11.5 Å². The lowest BCUT2D eigenvalue weighted by Gasteiger charge is -2.20. The molecule has 6 heteroatoms. The molecule has 0 saturated carbocycles. The second-order valence-electron chi connectivity index (χ2n) is 5.45. The first-order chi connectivity index (χ1) is 13.1. The van der Waals surface area contributed by atoms with E-state index in [1.54, 1.807) is 42.5 Å². The summed E-state index contributed by atoms with van der Waals surface area (Å²) < 4.78 is 16.0. The van der Waals surface area contributed by atoms with Gasteiger partial charge in [0.15, 0.2) is 6.04 Å². The van der Waals surface area contributed by atoms with E-state index >= 15 is 0 Å². The molecule has 138 valence electrons. The monoisotopic (exact) mass is 364 g/mol. The van der Waals surface area contributed by atoms with Gasteiger partial charge < -0.3 is 19.5 Å². The van der Waals surface area contributed by atoms with Crippen LogP contribution in [-0.4, -0.2) is 26.3 Å². The van der Waals surface area contributed by atoms with Crippen molar-refractivity contribution in [3.8, 4) is 29.9 Å². The molecule has 0 aliphatic rings. The van der Waals surface area contributed by atoms with Crippen molar-refractivity contribution >= 4 is 11.7 Å². The highest BCUT2D eigenvalue weighted by atomic mass is 16.5. The molecule has 0 heterocycles. The van der Waals surface area contributed by atoms with Crippen molar-refractivity contribution in [2.45, 2.75) is 13.0 Å². The fraction of sp³-hybridized carbons (Fsp3) is 0.238. The third-order valence-corrected chi connectivity index (χ3v) is 3.63. The Morgan fingerprint density at radius 1 is 1.19 bits per heavy atom. The van der Waals surface area contributed by atoms with Crippen LogP contribution in [0.4, 0.5) is 5.69 Å². The molecule has 6 nitrogen and oxygen atoms in total. The number of nitrogens with zero attached hydrogens (tertiary/aromatic N) is 1. The highest BCUT2D eigenvalue weighted by molar-refractivity contribution is 5.81. The number of benzene rings is 2. The fourth-order valence-corrected chi connectivity index (χ4v) is 2.42. The summed E-state index contributed by atoms with van der Waals surface area (Å²) in [6, 6.07) is 13.2. The minimum absolute atomic E-state index is 0.0982. The van der Waals surface area contributed by atoms with E-state index in [4.69, 9.17) is 25.9 Å². The number of ether oxygens (including phenoxy) is 3. The van der Waals surface area contributed by atoms with Crippen molar-refractivity contribution < 1.29 is 19.0 Å².